The zero-order valence-electron chi connectivity index (χ0n) is 19.1. The number of aliphatic hydroxyl groups excluding tert-OH is 1. The van der Waals surface area contributed by atoms with Gasteiger partial charge in [-0.2, -0.15) is 5.26 Å². The van der Waals surface area contributed by atoms with Gasteiger partial charge in [-0.05, 0) is 73.9 Å². The number of halogens is 1. The summed E-state index contributed by atoms with van der Waals surface area (Å²) in [6.45, 7) is 5.42. The predicted octanol–water partition coefficient (Wildman–Crippen LogP) is 4.20. The number of aromatic nitrogens is 1. The lowest BCUT2D eigenvalue weighted by Crippen LogP contribution is -2.33. The van der Waals surface area contributed by atoms with E-state index in [0.717, 1.165) is 28.1 Å². The van der Waals surface area contributed by atoms with E-state index in [9.17, 15) is 15.2 Å². The second kappa shape index (κ2) is 10.5. The number of nitriles is 1. The number of ether oxygens (including phenoxy) is 1. The van der Waals surface area contributed by atoms with Crippen LogP contribution in [0.15, 0.2) is 42.5 Å². The van der Waals surface area contributed by atoms with Crippen molar-refractivity contribution < 1.29 is 14.6 Å². The zero-order chi connectivity index (χ0) is 24.1. The van der Waals surface area contributed by atoms with Crippen molar-refractivity contribution in [3.63, 3.8) is 0 Å². The van der Waals surface area contributed by atoms with Crippen LogP contribution >= 0.6 is 11.6 Å². The van der Waals surface area contributed by atoms with Crippen LogP contribution in [0.5, 0.6) is 5.75 Å². The number of rotatable bonds is 8. The molecular formula is C25H27ClN4O3. The zero-order valence-corrected chi connectivity index (χ0v) is 19.8. The Morgan fingerprint density at radius 1 is 1.21 bits per heavy atom. The molecule has 3 rings (SSSR count). The smallest absolute Gasteiger partial charge is 0.239 e. The van der Waals surface area contributed by atoms with E-state index in [-0.39, 0.29) is 19.1 Å². The lowest BCUT2D eigenvalue weighted by molar-refractivity contribution is -0.115. The number of benzene rings is 2. The van der Waals surface area contributed by atoms with Gasteiger partial charge in [0.05, 0.1) is 31.9 Å². The van der Waals surface area contributed by atoms with E-state index in [1.807, 2.05) is 61.7 Å². The molecule has 1 amide bonds. The molecule has 1 aromatic heterocycles. The second-order valence-corrected chi connectivity index (χ2v) is 8.18. The molecule has 0 radical (unpaired) electrons. The van der Waals surface area contributed by atoms with E-state index < -0.39 is 6.04 Å². The van der Waals surface area contributed by atoms with E-state index in [2.05, 4.69) is 16.7 Å². The number of anilines is 1. The summed E-state index contributed by atoms with van der Waals surface area (Å²) in [7, 11) is 1.59. The second-order valence-electron chi connectivity index (χ2n) is 7.74. The topological polar surface area (TPSA) is 99.3 Å². The van der Waals surface area contributed by atoms with Crippen molar-refractivity contribution in [3.05, 3.63) is 75.4 Å². The Balaban J connectivity index is 1.84. The average Bonchev–Trinajstić information content (AvgIpc) is 3.04. The predicted molar refractivity (Wildman–Crippen MR) is 129 cm³/mol. The summed E-state index contributed by atoms with van der Waals surface area (Å²) in [4.78, 5) is 12.9. The first-order chi connectivity index (χ1) is 15.8. The number of carbonyl (C=O) groups excluding carboxylic acids is 1. The molecule has 0 aliphatic heterocycles. The van der Waals surface area contributed by atoms with Crippen LogP contribution in [0.2, 0.25) is 5.02 Å². The van der Waals surface area contributed by atoms with Crippen LogP contribution in [0.1, 0.15) is 34.0 Å². The number of hydrogen-bond acceptors (Lipinski definition) is 5. The molecule has 2 aromatic carbocycles. The maximum Gasteiger partial charge on any atom is 0.239 e. The van der Waals surface area contributed by atoms with Crippen molar-refractivity contribution in [2.75, 3.05) is 25.6 Å². The minimum atomic E-state index is -0.430. The highest BCUT2D eigenvalue weighted by Crippen LogP contribution is 2.30. The van der Waals surface area contributed by atoms with Gasteiger partial charge in [0.1, 0.15) is 17.6 Å². The number of nitrogens with one attached hydrogen (secondary N) is 2. The number of amides is 1. The summed E-state index contributed by atoms with van der Waals surface area (Å²) < 4.78 is 7.07. The standard InChI is InChI=1S/C25H27ClN4O3/c1-15-11-18(26)5-10-21(15)23(14-31)28-13-24(32)29-25-22(12-27)16(2)17(3)30(25)19-6-8-20(33-4)9-7-19/h5-11,23,28,31H,13-14H2,1-4H3,(H,29,32). The molecule has 0 spiro atoms. The van der Waals surface area contributed by atoms with Crippen LogP contribution in [0, 0.1) is 32.1 Å². The molecule has 0 aliphatic carbocycles. The van der Waals surface area contributed by atoms with Crippen molar-refractivity contribution in [3.8, 4) is 17.5 Å². The molecule has 1 unspecified atom stereocenters. The fourth-order valence-electron chi connectivity index (χ4n) is 3.81. The molecule has 8 heteroatoms. The van der Waals surface area contributed by atoms with Gasteiger partial charge in [0.15, 0.2) is 0 Å². The van der Waals surface area contributed by atoms with E-state index in [1.54, 1.807) is 13.2 Å². The minimum absolute atomic E-state index is 0.0515. The fraction of sp³-hybridized carbons (Fsp3) is 0.280. The number of aliphatic hydroxyl groups is 1. The first kappa shape index (κ1) is 24.3. The molecule has 172 valence electrons. The number of methoxy groups -OCH3 is 1. The molecule has 7 nitrogen and oxygen atoms in total. The SMILES string of the molecule is COc1ccc(-n2c(C)c(C)c(C#N)c2NC(=O)CNC(CO)c2ccc(Cl)cc2C)cc1. The van der Waals surface area contributed by atoms with Crippen molar-refractivity contribution >= 4 is 23.3 Å². The van der Waals surface area contributed by atoms with Gasteiger partial charge in [-0.3, -0.25) is 14.7 Å². The molecule has 1 atom stereocenters. The van der Waals surface area contributed by atoms with Crippen LogP contribution in [0.3, 0.4) is 0 Å². The molecule has 0 fully saturated rings. The Morgan fingerprint density at radius 2 is 1.91 bits per heavy atom. The van der Waals surface area contributed by atoms with Gasteiger partial charge in [0, 0.05) is 16.4 Å². The van der Waals surface area contributed by atoms with Gasteiger partial charge in [-0.1, -0.05) is 17.7 Å². The molecule has 1 heterocycles. The van der Waals surface area contributed by atoms with Gasteiger partial charge < -0.3 is 15.2 Å². The van der Waals surface area contributed by atoms with Crippen LogP contribution in [0.25, 0.3) is 5.69 Å². The fourth-order valence-corrected chi connectivity index (χ4v) is 4.04. The Kier molecular flexibility index (Phi) is 7.77. The Hall–Kier alpha value is -3.31. The lowest BCUT2D eigenvalue weighted by atomic mass is 10.0. The van der Waals surface area contributed by atoms with Gasteiger partial charge in [0.2, 0.25) is 5.91 Å². The molecule has 0 saturated heterocycles. The number of hydrogen-bond donors (Lipinski definition) is 3. The molecule has 33 heavy (non-hydrogen) atoms. The third-order valence-corrected chi connectivity index (χ3v) is 5.95. The normalized spacial score (nSPS) is 11.7. The number of nitrogens with zero attached hydrogens (tertiary/aromatic N) is 2. The summed E-state index contributed by atoms with van der Waals surface area (Å²) >= 11 is 6.03. The minimum Gasteiger partial charge on any atom is -0.497 e. The third kappa shape index (κ3) is 5.20. The first-order valence-corrected chi connectivity index (χ1v) is 10.8. The van der Waals surface area contributed by atoms with Crippen LogP contribution in [-0.4, -0.2) is 35.8 Å². The summed E-state index contributed by atoms with van der Waals surface area (Å²) in [5.74, 6) is 0.791. The summed E-state index contributed by atoms with van der Waals surface area (Å²) in [5.41, 5.74) is 4.63. The molecular weight excluding hydrogens is 440 g/mol. The summed E-state index contributed by atoms with van der Waals surface area (Å²) in [5, 5.41) is 26.2. The molecule has 0 saturated carbocycles. The highest BCUT2D eigenvalue weighted by Gasteiger charge is 2.21. The summed E-state index contributed by atoms with van der Waals surface area (Å²) in [6, 6.07) is 14.5. The van der Waals surface area contributed by atoms with Crippen molar-refractivity contribution in [2.24, 2.45) is 0 Å². The monoisotopic (exact) mass is 466 g/mol. The van der Waals surface area contributed by atoms with Gasteiger partial charge in [-0.15, -0.1) is 0 Å². The van der Waals surface area contributed by atoms with Crippen molar-refractivity contribution in [1.82, 2.24) is 9.88 Å². The van der Waals surface area contributed by atoms with Crippen LogP contribution < -0.4 is 15.4 Å². The largest absolute Gasteiger partial charge is 0.497 e. The van der Waals surface area contributed by atoms with Crippen LogP contribution in [-0.2, 0) is 4.79 Å². The van der Waals surface area contributed by atoms with E-state index in [1.165, 1.54) is 0 Å². The average molecular weight is 467 g/mol. The Bertz CT molecular complexity index is 1200. The highest BCUT2D eigenvalue weighted by molar-refractivity contribution is 6.30. The number of carbonyl (C=O) groups is 1. The summed E-state index contributed by atoms with van der Waals surface area (Å²) in [6.07, 6.45) is 0. The van der Waals surface area contributed by atoms with Gasteiger partial charge in [0.25, 0.3) is 0 Å². The van der Waals surface area contributed by atoms with E-state index in [4.69, 9.17) is 16.3 Å². The maximum atomic E-state index is 12.9. The highest BCUT2D eigenvalue weighted by atomic mass is 35.5. The Morgan fingerprint density at radius 3 is 2.48 bits per heavy atom. The molecule has 3 N–H and O–H groups in total. The molecule has 3 aromatic rings. The maximum absolute atomic E-state index is 12.9. The Labute approximate surface area is 198 Å². The van der Waals surface area contributed by atoms with Crippen molar-refractivity contribution in [1.29, 1.82) is 5.26 Å². The van der Waals surface area contributed by atoms with Gasteiger partial charge in [-0.25, -0.2) is 0 Å². The number of aryl methyl sites for hydroxylation is 1. The molecule has 0 aliphatic rings. The van der Waals surface area contributed by atoms with Crippen molar-refractivity contribution in [2.45, 2.75) is 26.8 Å². The first-order valence-electron chi connectivity index (χ1n) is 10.5. The lowest BCUT2D eigenvalue weighted by Gasteiger charge is -2.19. The third-order valence-electron chi connectivity index (χ3n) is 5.71. The quantitative estimate of drug-likeness (QED) is 0.462. The van der Waals surface area contributed by atoms with E-state index in [0.29, 0.717) is 22.2 Å². The molecule has 0 bridgehead atoms. The van der Waals surface area contributed by atoms with E-state index >= 15 is 0 Å². The van der Waals surface area contributed by atoms with Gasteiger partial charge >= 0.3 is 0 Å². The van der Waals surface area contributed by atoms with Crippen LogP contribution in [0.4, 0.5) is 5.82 Å².